The van der Waals surface area contributed by atoms with E-state index in [1.807, 2.05) is 51.1 Å². The van der Waals surface area contributed by atoms with E-state index in [0.717, 1.165) is 22.4 Å². The normalized spacial score (nSPS) is 10.7. The second kappa shape index (κ2) is 5.08. The van der Waals surface area contributed by atoms with Crippen molar-refractivity contribution >= 4 is 5.82 Å². The molecule has 3 heteroatoms. The van der Waals surface area contributed by atoms with Gasteiger partial charge in [-0.05, 0) is 50.1 Å². The summed E-state index contributed by atoms with van der Waals surface area (Å²) in [5.74, 6) is 1.39. The Balaban J connectivity index is 2.41. The maximum absolute atomic E-state index is 5.92. The first kappa shape index (κ1) is 12.4. The number of pyridine rings is 1. The van der Waals surface area contributed by atoms with Gasteiger partial charge in [0.1, 0.15) is 11.6 Å². The van der Waals surface area contributed by atoms with Crippen LogP contribution in [0, 0.1) is 6.92 Å². The van der Waals surface area contributed by atoms with Crippen LogP contribution in [-0.4, -0.2) is 11.1 Å². The summed E-state index contributed by atoms with van der Waals surface area (Å²) < 4.78 is 5.69. The van der Waals surface area contributed by atoms with Crippen molar-refractivity contribution in [3.8, 4) is 16.9 Å². The van der Waals surface area contributed by atoms with E-state index in [2.05, 4.69) is 4.98 Å². The van der Waals surface area contributed by atoms with E-state index in [1.165, 1.54) is 0 Å². The van der Waals surface area contributed by atoms with Crippen molar-refractivity contribution < 1.29 is 4.74 Å². The summed E-state index contributed by atoms with van der Waals surface area (Å²) in [4.78, 5) is 4.18. The Morgan fingerprint density at radius 3 is 2.72 bits per heavy atom. The molecule has 0 saturated carbocycles. The van der Waals surface area contributed by atoms with Crippen LogP contribution in [0.15, 0.2) is 36.5 Å². The second-order valence-electron chi connectivity index (χ2n) is 4.64. The van der Waals surface area contributed by atoms with Gasteiger partial charge in [0, 0.05) is 11.8 Å². The van der Waals surface area contributed by atoms with E-state index in [4.69, 9.17) is 10.5 Å². The maximum atomic E-state index is 5.92. The number of aryl methyl sites for hydroxylation is 1. The van der Waals surface area contributed by atoms with Gasteiger partial charge in [-0.3, -0.25) is 0 Å². The highest BCUT2D eigenvalue weighted by Crippen LogP contribution is 2.28. The Hall–Kier alpha value is -2.03. The molecule has 3 nitrogen and oxygen atoms in total. The monoisotopic (exact) mass is 242 g/mol. The number of aromatic nitrogens is 1. The lowest BCUT2D eigenvalue weighted by atomic mass is 10.0. The zero-order valence-corrected chi connectivity index (χ0v) is 11.0. The third kappa shape index (κ3) is 2.80. The summed E-state index contributed by atoms with van der Waals surface area (Å²) in [6, 6.07) is 9.96. The molecule has 0 spiro atoms. The molecule has 1 aromatic carbocycles. The molecule has 2 rings (SSSR count). The number of nitrogens with two attached hydrogens (primary N) is 1. The first-order valence-electron chi connectivity index (χ1n) is 6.05. The molecular formula is C15H18N2O. The van der Waals surface area contributed by atoms with Gasteiger partial charge in [0.2, 0.25) is 0 Å². The molecule has 2 aromatic rings. The first-order valence-corrected chi connectivity index (χ1v) is 6.05. The minimum atomic E-state index is 0.160. The molecule has 0 fully saturated rings. The fraction of sp³-hybridized carbons (Fsp3) is 0.267. The predicted octanol–water partition coefficient (Wildman–Crippen LogP) is 3.43. The van der Waals surface area contributed by atoms with Crippen LogP contribution in [0.5, 0.6) is 5.75 Å². The standard InChI is InChI=1S/C15H18N2O/c1-10(2)18-13-6-4-5-12(8-13)14-7-11(3)9-17-15(14)16/h4-10H,1-3H3,(H2,16,17). The molecule has 94 valence electrons. The lowest BCUT2D eigenvalue weighted by molar-refractivity contribution is 0.242. The third-order valence-electron chi connectivity index (χ3n) is 2.57. The molecule has 0 amide bonds. The van der Waals surface area contributed by atoms with Crippen LogP contribution in [0.2, 0.25) is 0 Å². The van der Waals surface area contributed by atoms with Crippen LogP contribution >= 0.6 is 0 Å². The summed E-state index contributed by atoms with van der Waals surface area (Å²) in [7, 11) is 0. The minimum Gasteiger partial charge on any atom is -0.491 e. The van der Waals surface area contributed by atoms with Crippen LogP contribution in [0.1, 0.15) is 19.4 Å². The largest absolute Gasteiger partial charge is 0.491 e. The van der Waals surface area contributed by atoms with Crippen molar-refractivity contribution in [3.63, 3.8) is 0 Å². The summed E-state index contributed by atoms with van der Waals surface area (Å²) in [5.41, 5.74) is 8.99. The Morgan fingerprint density at radius 2 is 2.00 bits per heavy atom. The van der Waals surface area contributed by atoms with Gasteiger partial charge in [0.25, 0.3) is 0 Å². The van der Waals surface area contributed by atoms with E-state index in [0.29, 0.717) is 5.82 Å². The molecule has 1 heterocycles. The molecule has 0 aliphatic rings. The second-order valence-corrected chi connectivity index (χ2v) is 4.64. The topological polar surface area (TPSA) is 48.1 Å². The van der Waals surface area contributed by atoms with E-state index >= 15 is 0 Å². The zero-order chi connectivity index (χ0) is 13.1. The summed E-state index contributed by atoms with van der Waals surface area (Å²) in [6.07, 6.45) is 1.93. The quantitative estimate of drug-likeness (QED) is 0.897. The molecular weight excluding hydrogens is 224 g/mol. The van der Waals surface area contributed by atoms with Gasteiger partial charge in [0.05, 0.1) is 6.10 Å². The van der Waals surface area contributed by atoms with Crippen molar-refractivity contribution in [3.05, 3.63) is 42.1 Å². The highest BCUT2D eigenvalue weighted by molar-refractivity contribution is 5.75. The van der Waals surface area contributed by atoms with Crippen LogP contribution in [-0.2, 0) is 0 Å². The molecule has 0 aliphatic heterocycles. The van der Waals surface area contributed by atoms with Gasteiger partial charge in [-0.25, -0.2) is 4.98 Å². The summed E-state index contributed by atoms with van der Waals surface area (Å²) in [6.45, 7) is 6.02. The third-order valence-corrected chi connectivity index (χ3v) is 2.57. The molecule has 0 bridgehead atoms. The van der Waals surface area contributed by atoms with Gasteiger partial charge >= 0.3 is 0 Å². The average Bonchev–Trinajstić information content (AvgIpc) is 2.32. The van der Waals surface area contributed by atoms with Gasteiger partial charge in [0.15, 0.2) is 0 Å². The lowest BCUT2D eigenvalue weighted by Crippen LogP contribution is -2.05. The molecule has 0 radical (unpaired) electrons. The average molecular weight is 242 g/mol. The Kier molecular flexibility index (Phi) is 3.51. The molecule has 0 aliphatic carbocycles. The number of nitrogen functional groups attached to an aromatic ring is 1. The van der Waals surface area contributed by atoms with E-state index < -0.39 is 0 Å². The van der Waals surface area contributed by atoms with Gasteiger partial charge < -0.3 is 10.5 Å². The fourth-order valence-electron chi connectivity index (χ4n) is 1.82. The number of anilines is 1. The van der Waals surface area contributed by atoms with Crippen LogP contribution in [0.3, 0.4) is 0 Å². The van der Waals surface area contributed by atoms with Crippen molar-refractivity contribution in [1.29, 1.82) is 0 Å². The Labute approximate surface area is 108 Å². The number of hydrogen-bond acceptors (Lipinski definition) is 3. The Morgan fingerprint density at radius 1 is 1.22 bits per heavy atom. The zero-order valence-electron chi connectivity index (χ0n) is 11.0. The molecule has 18 heavy (non-hydrogen) atoms. The summed E-state index contributed by atoms with van der Waals surface area (Å²) in [5, 5.41) is 0. The van der Waals surface area contributed by atoms with Crippen molar-refractivity contribution in [1.82, 2.24) is 4.98 Å². The molecule has 0 atom stereocenters. The predicted molar refractivity (Wildman–Crippen MR) is 74.6 cm³/mol. The van der Waals surface area contributed by atoms with Gasteiger partial charge in [-0.1, -0.05) is 12.1 Å². The minimum absolute atomic E-state index is 0.160. The number of hydrogen-bond donors (Lipinski definition) is 1. The van der Waals surface area contributed by atoms with Crippen molar-refractivity contribution in [2.75, 3.05) is 5.73 Å². The van der Waals surface area contributed by atoms with Crippen LogP contribution in [0.25, 0.3) is 11.1 Å². The van der Waals surface area contributed by atoms with Crippen molar-refractivity contribution in [2.45, 2.75) is 26.9 Å². The van der Waals surface area contributed by atoms with Gasteiger partial charge in [-0.2, -0.15) is 0 Å². The fourth-order valence-corrected chi connectivity index (χ4v) is 1.82. The van der Waals surface area contributed by atoms with Crippen LogP contribution in [0.4, 0.5) is 5.82 Å². The molecule has 2 N–H and O–H groups in total. The highest BCUT2D eigenvalue weighted by atomic mass is 16.5. The molecule has 0 saturated heterocycles. The molecule has 1 aromatic heterocycles. The maximum Gasteiger partial charge on any atom is 0.131 e. The summed E-state index contributed by atoms with van der Waals surface area (Å²) >= 11 is 0. The van der Waals surface area contributed by atoms with Gasteiger partial charge in [-0.15, -0.1) is 0 Å². The Bertz CT molecular complexity index is 550. The smallest absolute Gasteiger partial charge is 0.131 e. The van der Waals surface area contributed by atoms with E-state index in [1.54, 1.807) is 6.20 Å². The number of nitrogens with zero attached hydrogens (tertiary/aromatic N) is 1. The SMILES string of the molecule is Cc1cnc(N)c(-c2cccc(OC(C)C)c2)c1. The van der Waals surface area contributed by atoms with Crippen molar-refractivity contribution in [2.24, 2.45) is 0 Å². The van der Waals surface area contributed by atoms with E-state index in [-0.39, 0.29) is 6.10 Å². The van der Waals surface area contributed by atoms with E-state index in [9.17, 15) is 0 Å². The van der Waals surface area contributed by atoms with Crippen LogP contribution < -0.4 is 10.5 Å². The number of ether oxygens (including phenoxy) is 1. The number of benzene rings is 1. The first-order chi connectivity index (χ1) is 8.56. The number of rotatable bonds is 3. The highest BCUT2D eigenvalue weighted by Gasteiger charge is 2.06. The molecule has 0 unspecified atom stereocenters. The lowest BCUT2D eigenvalue weighted by Gasteiger charge is -2.12.